The average Bonchev–Trinajstić information content (AvgIpc) is 2.59. The summed E-state index contributed by atoms with van der Waals surface area (Å²) in [6, 6.07) is 0.170. The van der Waals surface area contributed by atoms with E-state index in [-0.39, 0.29) is 17.9 Å². The Labute approximate surface area is 104 Å². The molecule has 0 aromatic carbocycles. The zero-order valence-electron chi connectivity index (χ0n) is 10.0. The highest BCUT2D eigenvalue weighted by Crippen LogP contribution is 2.21. The van der Waals surface area contributed by atoms with Gasteiger partial charge in [0.1, 0.15) is 5.69 Å². The highest BCUT2D eigenvalue weighted by atomic mass is 79.9. The summed E-state index contributed by atoms with van der Waals surface area (Å²) >= 11 is 3.35. The normalized spacial score (nSPS) is 13.1. The summed E-state index contributed by atoms with van der Waals surface area (Å²) in [4.78, 5) is 12.1. The molecule has 0 bridgehead atoms. The number of hydrogen-bond donors (Lipinski definition) is 0. The second-order valence-electron chi connectivity index (χ2n) is 4.05. The van der Waals surface area contributed by atoms with Crippen molar-refractivity contribution >= 4 is 21.7 Å². The molecule has 0 saturated carbocycles. The van der Waals surface area contributed by atoms with E-state index in [2.05, 4.69) is 21.0 Å². The number of rotatable bonds is 5. The van der Waals surface area contributed by atoms with Crippen LogP contribution in [0.15, 0.2) is 10.7 Å². The molecule has 0 N–H and O–H groups in total. The molecule has 4 nitrogen and oxygen atoms in total. The standard InChI is InChI=1S/C11H17BrN2O2/c1-7(2)14-11(9(12)6-13-14)10(15)5-8(3)16-4/h6-8H,5H2,1-4H3. The molecule has 0 aliphatic heterocycles. The Morgan fingerprint density at radius 1 is 1.56 bits per heavy atom. The number of Topliss-reactive ketones (excluding diaryl/α,β-unsaturated/α-hetero) is 1. The molecule has 0 aliphatic rings. The van der Waals surface area contributed by atoms with Crippen LogP contribution in [-0.4, -0.2) is 28.8 Å². The SMILES string of the molecule is COC(C)CC(=O)c1c(Br)cnn1C(C)C. The molecule has 1 heterocycles. The Balaban J connectivity index is 2.94. The molecule has 1 rings (SSSR count). The van der Waals surface area contributed by atoms with E-state index in [0.717, 1.165) is 4.47 Å². The molecule has 1 aromatic rings. The van der Waals surface area contributed by atoms with Gasteiger partial charge in [0.15, 0.2) is 5.78 Å². The molecule has 0 amide bonds. The van der Waals surface area contributed by atoms with Gasteiger partial charge in [-0.15, -0.1) is 0 Å². The lowest BCUT2D eigenvalue weighted by Gasteiger charge is -2.12. The van der Waals surface area contributed by atoms with Crippen LogP contribution in [0.1, 0.15) is 43.7 Å². The van der Waals surface area contributed by atoms with E-state index in [4.69, 9.17) is 4.74 Å². The van der Waals surface area contributed by atoms with Gasteiger partial charge in [0, 0.05) is 19.6 Å². The van der Waals surface area contributed by atoms with Gasteiger partial charge in [-0.05, 0) is 36.7 Å². The molecule has 90 valence electrons. The summed E-state index contributed by atoms with van der Waals surface area (Å²) in [6.45, 7) is 5.87. The lowest BCUT2D eigenvalue weighted by Crippen LogP contribution is -2.18. The minimum absolute atomic E-state index is 0.0485. The number of ether oxygens (including phenoxy) is 1. The number of methoxy groups -OCH3 is 1. The monoisotopic (exact) mass is 288 g/mol. The van der Waals surface area contributed by atoms with Crippen molar-refractivity contribution in [2.45, 2.75) is 39.3 Å². The summed E-state index contributed by atoms with van der Waals surface area (Å²) in [6.07, 6.45) is 1.95. The fourth-order valence-corrected chi connectivity index (χ4v) is 1.93. The lowest BCUT2D eigenvalue weighted by atomic mass is 10.1. The van der Waals surface area contributed by atoms with Gasteiger partial charge in [-0.1, -0.05) is 0 Å². The largest absolute Gasteiger partial charge is 0.381 e. The lowest BCUT2D eigenvalue weighted by molar-refractivity contribution is 0.0780. The Hall–Kier alpha value is -0.680. The van der Waals surface area contributed by atoms with E-state index in [1.54, 1.807) is 18.0 Å². The third-order valence-corrected chi connectivity index (χ3v) is 2.96. The van der Waals surface area contributed by atoms with Crippen LogP contribution in [0.2, 0.25) is 0 Å². The van der Waals surface area contributed by atoms with Gasteiger partial charge in [0.05, 0.1) is 16.8 Å². The zero-order valence-corrected chi connectivity index (χ0v) is 11.6. The smallest absolute Gasteiger partial charge is 0.184 e. The predicted octanol–water partition coefficient (Wildman–Crippen LogP) is 2.83. The summed E-state index contributed by atoms with van der Waals surface area (Å²) in [5, 5.41) is 4.18. The fraction of sp³-hybridized carbons (Fsp3) is 0.636. The maximum atomic E-state index is 12.1. The molecule has 5 heteroatoms. The van der Waals surface area contributed by atoms with Crippen LogP contribution < -0.4 is 0 Å². The van der Waals surface area contributed by atoms with Crippen molar-refractivity contribution in [3.8, 4) is 0 Å². The Morgan fingerprint density at radius 2 is 2.19 bits per heavy atom. The maximum Gasteiger partial charge on any atom is 0.184 e. The van der Waals surface area contributed by atoms with Gasteiger partial charge < -0.3 is 4.74 Å². The first-order valence-corrected chi connectivity index (χ1v) is 6.05. The van der Waals surface area contributed by atoms with Gasteiger partial charge >= 0.3 is 0 Å². The zero-order chi connectivity index (χ0) is 12.3. The van der Waals surface area contributed by atoms with Crippen LogP contribution in [0, 0.1) is 0 Å². The van der Waals surface area contributed by atoms with E-state index in [1.165, 1.54) is 0 Å². The van der Waals surface area contributed by atoms with Crippen LogP contribution >= 0.6 is 15.9 Å². The predicted molar refractivity (Wildman–Crippen MR) is 65.7 cm³/mol. The quantitative estimate of drug-likeness (QED) is 0.783. The molecule has 0 fully saturated rings. The molecule has 16 heavy (non-hydrogen) atoms. The third kappa shape index (κ3) is 2.92. The van der Waals surface area contributed by atoms with Crippen molar-refractivity contribution < 1.29 is 9.53 Å². The highest BCUT2D eigenvalue weighted by Gasteiger charge is 2.20. The van der Waals surface area contributed by atoms with Crippen molar-refractivity contribution in [1.29, 1.82) is 0 Å². The number of aromatic nitrogens is 2. The number of carbonyl (C=O) groups is 1. The average molecular weight is 289 g/mol. The van der Waals surface area contributed by atoms with E-state index in [9.17, 15) is 4.79 Å². The van der Waals surface area contributed by atoms with Crippen molar-refractivity contribution in [2.24, 2.45) is 0 Å². The van der Waals surface area contributed by atoms with Crippen LogP contribution in [0.4, 0.5) is 0 Å². The molecular formula is C11H17BrN2O2. The van der Waals surface area contributed by atoms with Crippen LogP contribution in [-0.2, 0) is 4.74 Å². The molecule has 0 saturated heterocycles. The number of carbonyl (C=O) groups excluding carboxylic acids is 1. The van der Waals surface area contributed by atoms with Crippen LogP contribution in [0.25, 0.3) is 0 Å². The molecule has 0 aliphatic carbocycles. The maximum absolute atomic E-state index is 12.1. The minimum Gasteiger partial charge on any atom is -0.381 e. The van der Waals surface area contributed by atoms with Gasteiger partial charge in [-0.25, -0.2) is 0 Å². The Bertz CT molecular complexity index is 374. The second-order valence-corrected chi connectivity index (χ2v) is 4.91. The van der Waals surface area contributed by atoms with E-state index in [1.807, 2.05) is 20.8 Å². The number of ketones is 1. The number of hydrogen-bond acceptors (Lipinski definition) is 3. The molecule has 0 radical (unpaired) electrons. The molecular weight excluding hydrogens is 272 g/mol. The topological polar surface area (TPSA) is 44.1 Å². The van der Waals surface area contributed by atoms with Crippen molar-refractivity contribution in [1.82, 2.24) is 9.78 Å². The van der Waals surface area contributed by atoms with Gasteiger partial charge in [0.25, 0.3) is 0 Å². The second kappa shape index (κ2) is 5.59. The summed E-state index contributed by atoms with van der Waals surface area (Å²) in [7, 11) is 1.60. The number of halogens is 1. The molecule has 1 atom stereocenters. The Kier molecular flexibility index (Phi) is 4.68. The first-order valence-electron chi connectivity index (χ1n) is 5.26. The van der Waals surface area contributed by atoms with Gasteiger partial charge in [0.2, 0.25) is 0 Å². The van der Waals surface area contributed by atoms with E-state index in [0.29, 0.717) is 12.1 Å². The molecule has 1 aromatic heterocycles. The minimum atomic E-state index is -0.0742. The summed E-state index contributed by atoms with van der Waals surface area (Å²) in [5.74, 6) is 0.0485. The molecule has 0 spiro atoms. The van der Waals surface area contributed by atoms with Crippen LogP contribution in [0.5, 0.6) is 0 Å². The Morgan fingerprint density at radius 3 is 2.69 bits per heavy atom. The van der Waals surface area contributed by atoms with Crippen LogP contribution in [0.3, 0.4) is 0 Å². The van der Waals surface area contributed by atoms with Crippen molar-refractivity contribution in [3.63, 3.8) is 0 Å². The third-order valence-electron chi connectivity index (χ3n) is 2.38. The highest BCUT2D eigenvalue weighted by molar-refractivity contribution is 9.10. The fourth-order valence-electron chi connectivity index (χ4n) is 1.43. The van der Waals surface area contributed by atoms with Crippen molar-refractivity contribution in [2.75, 3.05) is 7.11 Å². The summed E-state index contributed by atoms with van der Waals surface area (Å²) in [5.41, 5.74) is 0.624. The van der Waals surface area contributed by atoms with E-state index < -0.39 is 0 Å². The first kappa shape index (κ1) is 13.4. The van der Waals surface area contributed by atoms with Gasteiger partial charge in [-0.3, -0.25) is 9.48 Å². The summed E-state index contributed by atoms with van der Waals surface area (Å²) < 4.78 is 7.57. The first-order chi connectivity index (χ1) is 7.47. The van der Waals surface area contributed by atoms with E-state index >= 15 is 0 Å². The van der Waals surface area contributed by atoms with Gasteiger partial charge in [-0.2, -0.15) is 5.10 Å². The number of nitrogens with zero attached hydrogens (tertiary/aromatic N) is 2. The van der Waals surface area contributed by atoms with Crippen molar-refractivity contribution in [3.05, 3.63) is 16.4 Å². The molecule has 1 unspecified atom stereocenters.